The van der Waals surface area contributed by atoms with E-state index in [0.717, 1.165) is 45.2 Å². The van der Waals surface area contributed by atoms with E-state index in [4.69, 9.17) is 0 Å². The van der Waals surface area contributed by atoms with Crippen molar-refractivity contribution in [3.8, 4) is 0 Å². The van der Waals surface area contributed by atoms with Crippen LogP contribution in [0.2, 0.25) is 0 Å². The van der Waals surface area contributed by atoms with Gasteiger partial charge >= 0.3 is 0 Å². The molecule has 1 aliphatic rings. The van der Waals surface area contributed by atoms with Crippen LogP contribution < -0.4 is 10.6 Å². The van der Waals surface area contributed by atoms with Crippen molar-refractivity contribution in [1.82, 2.24) is 10.6 Å². The monoisotopic (exact) mass is 366 g/mol. The Kier molecular flexibility index (Phi) is 14.5. The number of amides is 1. The van der Waals surface area contributed by atoms with Crippen LogP contribution in [0.4, 0.5) is 0 Å². The Balaban J connectivity index is 1.80. The lowest BCUT2D eigenvalue weighted by atomic mass is 10.0. The summed E-state index contributed by atoms with van der Waals surface area (Å²) in [7, 11) is 0. The first-order valence-electron chi connectivity index (χ1n) is 11.3. The first-order chi connectivity index (χ1) is 12.7. The number of carbonyl (C=O) groups excluding carboxylic acids is 2. The molecule has 0 bridgehead atoms. The fraction of sp³-hybridized carbons (Fsp3) is 0.909. The highest BCUT2D eigenvalue weighted by atomic mass is 16.1. The molecular weight excluding hydrogens is 324 g/mol. The Labute approximate surface area is 161 Å². The first-order valence-corrected chi connectivity index (χ1v) is 11.3. The molecule has 4 nitrogen and oxygen atoms in total. The summed E-state index contributed by atoms with van der Waals surface area (Å²) < 4.78 is 0. The van der Waals surface area contributed by atoms with Gasteiger partial charge < -0.3 is 10.6 Å². The molecule has 0 aliphatic carbocycles. The number of carbonyl (C=O) groups is 2. The van der Waals surface area contributed by atoms with Gasteiger partial charge in [-0.3, -0.25) is 9.59 Å². The van der Waals surface area contributed by atoms with Crippen LogP contribution in [-0.4, -0.2) is 30.8 Å². The minimum Gasteiger partial charge on any atom is -0.356 e. The summed E-state index contributed by atoms with van der Waals surface area (Å²) in [6.07, 6.45) is 18.1. The van der Waals surface area contributed by atoms with Crippen LogP contribution in [0.15, 0.2) is 0 Å². The number of Topliss-reactive ketones (excluding diaryl/α,β-unsaturated/α-hetero) is 1. The van der Waals surface area contributed by atoms with Crippen molar-refractivity contribution in [2.75, 3.05) is 13.1 Å². The van der Waals surface area contributed by atoms with E-state index in [2.05, 4.69) is 17.6 Å². The first kappa shape index (κ1) is 23.1. The lowest BCUT2D eigenvalue weighted by molar-refractivity contribution is -0.122. The molecule has 1 atom stereocenters. The van der Waals surface area contributed by atoms with E-state index >= 15 is 0 Å². The van der Waals surface area contributed by atoms with E-state index in [1.54, 1.807) is 0 Å². The van der Waals surface area contributed by atoms with E-state index in [9.17, 15) is 9.59 Å². The molecule has 0 unspecified atom stereocenters. The fourth-order valence-electron chi connectivity index (χ4n) is 3.65. The van der Waals surface area contributed by atoms with Gasteiger partial charge in [-0.2, -0.15) is 0 Å². The van der Waals surface area contributed by atoms with Gasteiger partial charge in [0.1, 0.15) is 5.78 Å². The highest BCUT2D eigenvalue weighted by Crippen LogP contribution is 2.11. The largest absolute Gasteiger partial charge is 0.356 e. The Morgan fingerprint density at radius 1 is 0.846 bits per heavy atom. The molecule has 0 aromatic rings. The maximum absolute atomic E-state index is 11.9. The molecule has 0 radical (unpaired) electrons. The molecule has 1 heterocycles. The molecule has 0 aromatic carbocycles. The van der Waals surface area contributed by atoms with Gasteiger partial charge in [0.15, 0.2) is 0 Å². The smallest absolute Gasteiger partial charge is 0.219 e. The summed E-state index contributed by atoms with van der Waals surface area (Å²) in [4.78, 5) is 23.7. The third-order valence-corrected chi connectivity index (χ3v) is 5.38. The van der Waals surface area contributed by atoms with Crippen LogP contribution in [0.1, 0.15) is 110 Å². The highest BCUT2D eigenvalue weighted by molar-refractivity contribution is 5.84. The minimum absolute atomic E-state index is 0.0835. The van der Waals surface area contributed by atoms with E-state index in [0.29, 0.717) is 18.6 Å². The van der Waals surface area contributed by atoms with E-state index < -0.39 is 0 Å². The second-order valence-corrected chi connectivity index (χ2v) is 7.85. The van der Waals surface area contributed by atoms with Gasteiger partial charge in [0.25, 0.3) is 0 Å². The van der Waals surface area contributed by atoms with Crippen LogP contribution in [0.25, 0.3) is 0 Å². The van der Waals surface area contributed by atoms with Crippen LogP contribution >= 0.6 is 0 Å². The summed E-state index contributed by atoms with van der Waals surface area (Å²) in [6, 6.07) is 0.0835. The summed E-state index contributed by atoms with van der Waals surface area (Å²) in [5.41, 5.74) is 0. The van der Waals surface area contributed by atoms with Crippen LogP contribution in [0.3, 0.4) is 0 Å². The lowest BCUT2D eigenvalue weighted by Crippen LogP contribution is -2.30. The third kappa shape index (κ3) is 12.5. The van der Waals surface area contributed by atoms with Crippen molar-refractivity contribution in [2.24, 2.45) is 0 Å². The predicted molar refractivity (Wildman–Crippen MR) is 109 cm³/mol. The molecule has 4 heteroatoms. The number of hydrogen-bond donors (Lipinski definition) is 2. The minimum atomic E-state index is 0.0835. The number of ketones is 1. The van der Waals surface area contributed by atoms with Crippen LogP contribution in [0.5, 0.6) is 0 Å². The molecule has 1 saturated heterocycles. The summed E-state index contributed by atoms with van der Waals surface area (Å²) >= 11 is 0. The summed E-state index contributed by atoms with van der Waals surface area (Å²) in [5, 5.41) is 6.26. The quantitative estimate of drug-likeness (QED) is 0.360. The molecule has 1 aliphatic heterocycles. The van der Waals surface area contributed by atoms with Gasteiger partial charge in [0, 0.05) is 19.4 Å². The fourth-order valence-corrected chi connectivity index (χ4v) is 3.65. The van der Waals surface area contributed by atoms with Crippen molar-refractivity contribution in [1.29, 1.82) is 0 Å². The van der Waals surface area contributed by atoms with Crippen molar-refractivity contribution in [3.05, 3.63) is 0 Å². The van der Waals surface area contributed by atoms with E-state index in [1.807, 2.05) is 0 Å². The standard InChI is InChI=1S/C22H42N2O2/c1-2-3-4-5-6-7-8-9-10-13-18-24-22(26)17-12-11-16-21(25)20-15-14-19-23-20/h20,23H,2-19H2,1H3,(H,24,26)/t20-/m0/s1. The second kappa shape index (κ2) is 16.3. The molecular formula is C22H42N2O2. The van der Waals surface area contributed by atoms with E-state index in [-0.39, 0.29) is 11.9 Å². The van der Waals surface area contributed by atoms with Crippen molar-refractivity contribution in [3.63, 3.8) is 0 Å². The average Bonchev–Trinajstić information content (AvgIpc) is 3.18. The van der Waals surface area contributed by atoms with E-state index in [1.165, 1.54) is 57.8 Å². The molecule has 0 spiro atoms. The Morgan fingerprint density at radius 2 is 1.46 bits per heavy atom. The molecule has 26 heavy (non-hydrogen) atoms. The van der Waals surface area contributed by atoms with Crippen molar-refractivity contribution < 1.29 is 9.59 Å². The van der Waals surface area contributed by atoms with Gasteiger partial charge in [-0.15, -0.1) is 0 Å². The highest BCUT2D eigenvalue weighted by Gasteiger charge is 2.20. The molecule has 2 N–H and O–H groups in total. The summed E-state index contributed by atoms with van der Waals surface area (Å²) in [5.74, 6) is 0.473. The molecule has 0 aromatic heterocycles. The number of nitrogens with one attached hydrogen (secondary N) is 2. The maximum atomic E-state index is 11.9. The Bertz CT molecular complexity index is 365. The van der Waals surface area contributed by atoms with Gasteiger partial charge in [0.2, 0.25) is 5.91 Å². The zero-order valence-electron chi connectivity index (χ0n) is 17.1. The lowest BCUT2D eigenvalue weighted by Gasteiger charge is -2.08. The maximum Gasteiger partial charge on any atom is 0.219 e. The van der Waals surface area contributed by atoms with Crippen molar-refractivity contribution >= 4 is 11.7 Å². The number of rotatable bonds is 17. The molecule has 1 fully saturated rings. The van der Waals surface area contributed by atoms with Gasteiger partial charge in [0.05, 0.1) is 6.04 Å². The molecule has 1 rings (SSSR count). The predicted octanol–water partition coefficient (Wildman–Crippen LogP) is 4.91. The molecule has 0 saturated carbocycles. The Hall–Kier alpha value is -0.900. The normalized spacial score (nSPS) is 16.7. The van der Waals surface area contributed by atoms with Gasteiger partial charge in [-0.25, -0.2) is 0 Å². The second-order valence-electron chi connectivity index (χ2n) is 7.85. The van der Waals surface area contributed by atoms with Gasteiger partial charge in [-0.1, -0.05) is 64.7 Å². The zero-order chi connectivity index (χ0) is 18.9. The Morgan fingerprint density at radius 3 is 2.08 bits per heavy atom. The topological polar surface area (TPSA) is 58.2 Å². The van der Waals surface area contributed by atoms with Crippen LogP contribution in [-0.2, 0) is 9.59 Å². The molecule has 152 valence electrons. The SMILES string of the molecule is CCCCCCCCCCCCNC(=O)CCCCC(=O)[C@@H]1CCCN1. The summed E-state index contributed by atoms with van der Waals surface area (Å²) in [6.45, 7) is 4.03. The van der Waals surface area contributed by atoms with Crippen molar-refractivity contribution in [2.45, 2.75) is 116 Å². The molecule has 1 amide bonds. The van der Waals surface area contributed by atoms with Crippen LogP contribution in [0, 0.1) is 0 Å². The number of unbranched alkanes of at least 4 members (excludes halogenated alkanes) is 10. The zero-order valence-corrected chi connectivity index (χ0v) is 17.1. The van der Waals surface area contributed by atoms with Gasteiger partial charge in [-0.05, 0) is 38.6 Å². The third-order valence-electron chi connectivity index (χ3n) is 5.38. The average molecular weight is 367 g/mol. The number of hydrogen-bond acceptors (Lipinski definition) is 3.